The zero-order valence-electron chi connectivity index (χ0n) is 23.9. The van der Waals surface area contributed by atoms with Gasteiger partial charge in [0.05, 0.1) is 0 Å². The number of H-pyrrole nitrogens is 1. The van der Waals surface area contributed by atoms with Crippen molar-refractivity contribution in [2.45, 2.75) is 45.6 Å². The molecule has 10 heteroatoms. The first-order valence-electron chi connectivity index (χ1n) is 14.0. The summed E-state index contributed by atoms with van der Waals surface area (Å²) in [7, 11) is 0. The summed E-state index contributed by atoms with van der Waals surface area (Å²) in [6.45, 7) is 7.06. The Kier molecular flexibility index (Phi) is 8.69. The summed E-state index contributed by atoms with van der Waals surface area (Å²) in [6.07, 6.45) is 3.28. The number of hydrogen-bond acceptors (Lipinski definition) is 7. The van der Waals surface area contributed by atoms with Crippen LogP contribution >= 0.6 is 0 Å². The van der Waals surface area contributed by atoms with Crippen LogP contribution in [0.15, 0.2) is 54.7 Å². The van der Waals surface area contributed by atoms with Crippen LogP contribution in [-0.2, 0) is 4.79 Å². The molecule has 3 heterocycles. The SMILES string of the molecule is Cc1cc(NC(=O)c2cccc(Oc3ccnc4[nH]nc(N[C@@H]5CCCN(C(=O)C#CCO)C5)c34)c2)ccc1C(C)C. The third-order valence-corrected chi connectivity index (χ3v) is 7.22. The van der Waals surface area contributed by atoms with E-state index in [1.165, 1.54) is 5.56 Å². The van der Waals surface area contributed by atoms with Crippen molar-refractivity contribution in [2.24, 2.45) is 0 Å². The Labute approximate surface area is 244 Å². The Morgan fingerprint density at radius 2 is 2.07 bits per heavy atom. The van der Waals surface area contributed by atoms with Crippen molar-refractivity contribution in [3.05, 3.63) is 71.4 Å². The Balaban J connectivity index is 1.32. The van der Waals surface area contributed by atoms with Crippen LogP contribution in [0.3, 0.4) is 0 Å². The van der Waals surface area contributed by atoms with Crippen LogP contribution in [-0.4, -0.2) is 62.7 Å². The number of anilines is 2. The topological polar surface area (TPSA) is 132 Å². The molecule has 42 heavy (non-hydrogen) atoms. The number of rotatable bonds is 7. The van der Waals surface area contributed by atoms with Crippen LogP contribution < -0.4 is 15.4 Å². The number of benzene rings is 2. The molecule has 4 N–H and O–H groups in total. The van der Waals surface area contributed by atoms with Crippen LogP contribution in [0.25, 0.3) is 11.0 Å². The fourth-order valence-electron chi connectivity index (χ4n) is 5.21. The maximum absolute atomic E-state index is 13.1. The molecule has 5 rings (SSSR count). The first kappa shape index (κ1) is 28.6. The first-order valence-corrected chi connectivity index (χ1v) is 14.0. The molecule has 1 aliphatic heterocycles. The number of hydrogen-bond donors (Lipinski definition) is 4. The number of aliphatic hydroxyl groups excluding tert-OH is 1. The zero-order valence-corrected chi connectivity index (χ0v) is 23.9. The molecule has 1 fully saturated rings. The van der Waals surface area contributed by atoms with Crippen molar-refractivity contribution in [1.82, 2.24) is 20.1 Å². The summed E-state index contributed by atoms with van der Waals surface area (Å²) in [6, 6.07) is 14.7. The highest BCUT2D eigenvalue weighted by Gasteiger charge is 2.25. The molecule has 10 nitrogen and oxygen atoms in total. The van der Waals surface area contributed by atoms with Crippen LogP contribution in [0.5, 0.6) is 11.5 Å². The van der Waals surface area contributed by atoms with Gasteiger partial charge in [-0.25, -0.2) is 4.98 Å². The van der Waals surface area contributed by atoms with E-state index in [0.29, 0.717) is 52.9 Å². The standard InChI is InChI=1S/C32H34N6O4/c1-20(2)26-12-11-23(17-21(26)3)35-32(41)22-7-4-9-25(18-22)42-27-13-14-33-30-29(27)31(37-36-30)34-24-8-5-15-38(19-24)28(40)10-6-16-39/h4,7,9,11-14,17-18,20,24,39H,5,8,15-16,19H2,1-3H3,(H,35,41)(H2,33,34,36,37)/t24-/m1/s1. The number of aryl methyl sites for hydroxylation is 1. The third-order valence-electron chi connectivity index (χ3n) is 7.22. The van der Waals surface area contributed by atoms with Crippen molar-refractivity contribution < 1.29 is 19.4 Å². The van der Waals surface area contributed by atoms with E-state index >= 15 is 0 Å². The van der Waals surface area contributed by atoms with Crippen molar-refractivity contribution in [1.29, 1.82) is 0 Å². The number of nitrogens with one attached hydrogen (secondary N) is 3. The lowest BCUT2D eigenvalue weighted by Crippen LogP contribution is -2.44. The molecule has 0 radical (unpaired) electrons. The number of aromatic amines is 1. The monoisotopic (exact) mass is 566 g/mol. The highest BCUT2D eigenvalue weighted by atomic mass is 16.5. The van der Waals surface area contributed by atoms with Gasteiger partial charge in [-0.3, -0.25) is 14.7 Å². The van der Waals surface area contributed by atoms with E-state index in [9.17, 15) is 9.59 Å². The lowest BCUT2D eigenvalue weighted by molar-refractivity contribution is -0.126. The van der Waals surface area contributed by atoms with Crippen molar-refractivity contribution in [3.63, 3.8) is 0 Å². The molecule has 216 valence electrons. The van der Waals surface area contributed by atoms with Gasteiger partial charge in [-0.15, -0.1) is 0 Å². The maximum Gasteiger partial charge on any atom is 0.298 e. The Morgan fingerprint density at radius 3 is 2.86 bits per heavy atom. The number of likely N-dealkylation sites (tertiary alicyclic amines) is 1. The van der Waals surface area contributed by atoms with E-state index in [1.54, 1.807) is 41.4 Å². The van der Waals surface area contributed by atoms with Gasteiger partial charge >= 0.3 is 0 Å². The number of pyridine rings is 1. The number of aliphatic hydroxyl groups is 1. The van der Waals surface area contributed by atoms with Crippen molar-refractivity contribution in [2.75, 3.05) is 30.3 Å². The Morgan fingerprint density at radius 1 is 1.21 bits per heavy atom. The average molecular weight is 567 g/mol. The normalized spacial score (nSPS) is 14.8. The number of nitrogens with zero attached hydrogens (tertiary/aromatic N) is 3. The predicted octanol–water partition coefficient (Wildman–Crippen LogP) is 4.83. The van der Waals surface area contributed by atoms with E-state index in [1.807, 2.05) is 19.1 Å². The molecular weight excluding hydrogens is 532 g/mol. The fraction of sp³-hybridized carbons (Fsp3) is 0.312. The summed E-state index contributed by atoms with van der Waals surface area (Å²) in [5.41, 5.74) is 4.13. The number of fused-ring (bicyclic) bond motifs is 1. The van der Waals surface area contributed by atoms with Gasteiger partial charge in [-0.2, -0.15) is 5.10 Å². The molecule has 0 aliphatic carbocycles. The second kappa shape index (κ2) is 12.7. The maximum atomic E-state index is 13.1. The number of aromatic nitrogens is 3. The number of carbonyl (C=O) groups is 2. The zero-order chi connectivity index (χ0) is 29.6. The summed E-state index contributed by atoms with van der Waals surface area (Å²) >= 11 is 0. The van der Waals surface area contributed by atoms with Crippen molar-refractivity contribution >= 4 is 34.4 Å². The molecule has 1 atom stereocenters. The van der Waals surface area contributed by atoms with E-state index in [-0.39, 0.29) is 24.5 Å². The number of carbonyl (C=O) groups excluding carboxylic acids is 2. The minimum Gasteiger partial charge on any atom is -0.456 e. The smallest absolute Gasteiger partial charge is 0.298 e. The minimum atomic E-state index is -0.351. The van der Waals surface area contributed by atoms with Gasteiger partial charge in [-0.1, -0.05) is 31.9 Å². The molecule has 2 aromatic heterocycles. The van der Waals surface area contributed by atoms with Gasteiger partial charge in [0.2, 0.25) is 0 Å². The highest BCUT2D eigenvalue weighted by Crippen LogP contribution is 2.34. The summed E-state index contributed by atoms with van der Waals surface area (Å²) in [5, 5.41) is 23.3. The summed E-state index contributed by atoms with van der Waals surface area (Å²) in [4.78, 5) is 31.5. The average Bonchev–Trinajstić information content (AvgIpc) is 3.39. The van der Waals surface area contributed by atoms with Gasteiger partial charge in [0.25, 0.3) is 11.8 Å². The van der Waals surface area contributed by atoms with Crippen LogP contribution in [0.1, 0.15) is 54.1 Å². The molecular formula is C32H34N6O4. The minimum absolute atomic E-state index is 0.0524. The largest absolute Gasteiger partial charge is 0.456 e. The van der Waals surface area contributed by atoms with E-state index < -0.39 is 0 Å². The van der Waals surface area contributed by atoms with Gasteiger partial charge in [0.15, 0.2) is 11.5 Å². The van der Waals surface area contributed by atoms with Gasteiger partial charge in [0.1, 0.15) is 23.5 Å². The second-order valence-corrected chi connectivity index (χ2v) is 10.6. The molecule has 1 aliphatic rings. The summed E-state index contributed by atoms with van der Waals surface area (Å²) < 4.78 is 6.26. The van der Waals surface area contributed by atoms with Gasteiger partial charge in [-0.05, 0) is 73.1 Å². The predicted molar refractivity (Wildman–Crippen MR) is 162 cm³/mol. The van der Waals surface area contributed by atoms with E-state index in [0.717, 1.165) is 24.1 Å². The number of ether oxygens (including phenoxy) is 1. The number of amides is 2. The van der Waals surface area contributed by atoms with E-state index in [4.69, 9.17) is 9.84 Å². The van der Waals surface area contributed by atoms with Crippen LogP contribution in [0.4, 0.5) is 11.5 Å². The Hall–Kier alpha value is -4.88. The molecule has 2 amide bonds. The molecule has 0 saturated carbocycles. The second-order valence-electron chi connectivity index (χ2n) is 10.6. The van der Waals surface area contributed by atoms with Crippen LogP contribution in [0.2, 0.25) is 0 Å². The molecule has 0 unspecified atom stereocenters. The highest BCUT2D eigenvalue weighted by molar-refractivity contribution is 6.04. The first-order chi connectivity index (χ1) is 20.3. The molecule has 1 saturated heterocycles. The van der Waals surface area contributed by atoms with Gasteiger partial charge < -0.3 is 25.4 Å². The molecule has 4 aromatic rings. The van der Waals surface area contributed by atoms with E-state index in [2.05, 4.69) is 57.6 Å². The third kappa shape index (κ3) is 6.53. The lowest BCUT2D eigenvalue weighted by Gasteiger charge is -2.32. The number of piperidine rings is 1. The van der Waals surface area contributed by atoms with Crippen LogP contribution in [0, 0.1) is 18.8 Å². The van der Waals surface area contributed by atoms with Crippen molar-refractivity contribution in [3.8, 4) is 23.3 Å². The Bertz CT molecular complexity index is 1670. The molecule has 0 spiro atoms. The quantitative estimate of drug-likeness (QED) is 0.236. The molecule has 2 aromatic carbocycles. The molecule has 0 bridgehead atoms. The summed E-state index contributed by atoms with van der Waals surface area (Å²) in [5.74, 6) is 6.32. The van der Waals surface area contributed by atoms with Gasteiger partial charge in [0, 0.05) is 42.6 Å². The lowest BCUT2D eigenvalue weighted by atomic mass is 9.97. The fourth-order valence-corrected chi connectivity index (χ4v) is 5.21.